The van der Waals surface area contributed by atoms with E-state index in [2.05, 4.69) is 5.32 Å². The number of rotatable bonds is 12. The maximum atomic E-state index is 14.6. The van der Waals surface area contributed by atoms with Crippen molar-refractivity contribution in [2.75, 3.05) is 10.8 Å². The number of halogens is 2. The number of carbonyl (C=O) groups excluding carboxylic acids is 2. The van der Waals surface area contributed by atoms with E-state index in [1.54, 1.807) is 60.7 Å². The first-order chi connectivity index (χ1) is 22.6. The van der Waals surface area contributed by atoms with Gasteiger partial charge < -0.3 is 10.2 Å². The summed E-state index contributed by atoms with van der Waals surface area (Å²) >= 11 is 12.6. The predicted molar refractivity (Wildman–Crippen MR) is 188 cm³/mol. The number of carbonyl (C=O) groups is 2. The summed E-state index contributed by atoms with van der Waals surface area (Å²) in [6.07, 6.45) is 5.22. The summed E-state index contributed by atoms with van der Waals surface area (Å²) in [7, 11) is -4.21. The van der Waals surface area contributed by atoms with E-state index in [0.717, 1.165) is 53.1 Å². The Balaban J connectivity index is 1.56. The molecule has 1 N–H and O–H groups in total. The molecule has 0 aromatic heterocycles. The third kappa shape index (κ3) is 8.95. The van der Waals surface area contributed by atoms with Crippen molar-refractivity contribution in [1.82, 2.24) is 10.2 Å². The van der Waals surface area contributed by atoms with Gasteiger partial charge in [-0.05, 0) is 72.9 Å². The van der Waals surface area contributed by atoms with Crippen LogP contribution < -0.4 is 9.62 Å². The van der Waals surface area contributed by atoms with Gasteiger partial charge in [-0.15, -0.1) is 0 Å². The van der Waals surface area contributed by atoms with Crippen molar-refractivity contribution >= 4 is 50.7 Å². The Labute approximate surface area is 287 Å². The Morgan fingerprint density at radius 2 is 1.47 bits per heavy atom. The zero-order valence-electron chi connectivity index (χ0n) is 26.3. The number of sulfonamides is 1. The molecule has 5 rings (SSSR count). The Morgan fingerprint density at radius 1 is 0.830 bits per heavy atom. The number of hydrogen-bond acceptors (Lipinski definition) is 4. The number of anilines is 1. The molecule has 4 aromatic rings. The Kier molecular flexibility index (Phi) is 11.6. The molecule has 0 radical (unpaired) electrons. The molecule has 246 valence electrons. The highest BCUT2D eigenvalue weighted by molar-refractivity contribution is 7.92. The van der Waals surface area contributed by atoms with Crippen LogP contribution in [0.5, 0.6) is 0 Å². The molecule has 7 nitrogen and oxygen atoms in total. The number of nitrogens with one attached hydrogen (secondary N) is 1. The van der Waals surface area contributed by atoms with Crippen LogP contribution in [0, 0.1) is 6.92 Å². The van der Waals surface area contributed by atoms with Crippen molar-refractivity contribution in [2.45, 2.75) is 69.0 Å². The lowest BCUT2D eigenvalue weighted by molar-refractivity contribution is -0.140. The Bertz CT molecular complexity index is 1760. The first-order valence-corrected chi connectivity index (χ1v) is 18.0. The standard InChI is InChI=1S/C37H39Cl2N3O4S/c1-27-17-22-32(24-34(27)39)42(47(45,46)33-15-9-4-10-16-33)26-36(43)41(25-29-18-20-30(38)21-19-29)35(23-28-11-5-2-6-12-28)37(44)40-31-13-7-3-8-14-31/h2,4-6,9-12,15-22,24,31,35H,3,7-8,13-14,23,25-26H2,1H3,(H,40,44)/t35-/m0/s1. The average Bonchev–Trinajstić information content (AvgIpc) is 3.08. The van der Waals surface area contributed by atoms with E-state index in [1.165, 1.54) is 17.0 Å². The van der Waals surface area contributed by atoms with Gasteiger partial charge in [0.2, 0.25) is 11.8 Å². The van der Waals surface area contributed by atoms with Gasteiger partial charge in [0, 0.05) is 29.1 Å². The molecule has 1 aliphatic carbocycles. The molecule has 2 amide bonds. The first-order valence-electron chi connectivity index (χ1n) is 15.8. The molecule has 1 saturated carbocycles. The monoisotopic (exact) mass is 691 g/mol. The Hall–Kier alpha value is -3.85. The molecule has 1 atom stereocenters. The average molecular weight is 693 g/mol. The summed E-state index contributed by atoms with van der Waals surface area (Å²) in [6.45, 7) is 1.34. The number of benzene rings is 4. The number of nitrogens with zero attached hydrogens (tertiary/aromatic N) is 2. The molecule has 1 fully saturated rings. The van der Waals surface area contributed by atoms with Crippen LogP contribution in [0.2, 0.25) is 10.0 Å². The van der Waals surface area contributed by atoms with Crippen molar-refractivity contribution in [2.24, 2.45) is 0 Å². The first kappa shape index (κ1) is 34.5. The molecule has 0 heterocycles. The van der Waals surface area contributed by atoms with Gasteiger partial charge in [0.15, 0.2) is 0 Å². The van der Waals surface area contributed by atoms with Crippen molar-refractivity contribution < 1.29 is 18.0 Å². The topological polar surface area (TPSA) is 86.8 Å². The highest BCUT2D eigenvalue weighted by atomic mass is 35.5. The second kappa shape index (κ2) is 15.8. The van der Waals surface area contributed by atoms with E-state index >= 15 is 0 Å². The summed E-state index contributed by atoms with van der Waals surface area (Å²) in [4.78, 5) is 30.4. The molecule has 0 unspecified atom stereocenters. The van der Waals surface area contributed by atoms with Gasteiger partial charge in [-0.2, -0.15) is 0 Å². The molecule has 10 heteroatoms. The largest absolute Gasteiger partial charge is 0.352 e. The van der Waals surface area contributed by atoms with Crippen LogP contribution >= 0.6 is 23.2 Å². The summed E-state index contributed by atoms with van der Waals surface area (Å²) < 4.78 is 29.4. The lowest BCUT2D eigenvalue weighted by atomic mass is 9.94. The minimum atomic E-state index is -4.21. The van der Waals surface area contributed by atoms with E-state index in [-0.39, 0.29) is 35.5 Å². The molecule has 0 aliphatic heterocycles. The van der Waals surface area contributed by atoms with E-state index in [9.17, 15) is 18.0 Å². The van der Waals surface area contributed by atoms with E-state index < -0.39 is 28.5 Å². The normalized spacial score (nSPS) is 14.3. The van der Waals surface area contributed by atoms with Gasteiger partial charge >= 0.3 is 0 Å². The van der Waals surface area contributed by atoms with Gasteiger partial charge in [-0.25, -0.2) is 8.42 Å². The summed E-state index contributed by atoms with van der Waals surface area (Å²) in [5.74, 6) is -0.796. The van der Waals surface area contributed by atoms with Crippen molar-refractivity contribution in [3.63, 3.8) is 0 Å². The van der Waals surface area contributed by atoms with Gasteiger partial charge in [0.1, 0.15) is 12.6 Å². The zero-order valence-corrected chi connectivity index (χ0v) is 28.6. The fourth-order valence-corrected chi connectivity index (χ4v) is 7.60. The third-order valence-electron chi connectivity index (χ3n) is 8.54. The smallest absolute Gasteiger partial charge is 0.264 e. The second-order valence-corrected chi connectivity index (χ2v) is 14.7. The highest BCUT2D eigenvalue weighted by Gasteiger charge is 2.35. The lowest BCUT2D eigenvalue weighted by Crippen LogP contribution is -2.55. The molecule has 47 heavy (non-hydrogen) atoms. The lowest BCUT2D eigenvalue weighted by Gasteiger charge is -2.35. The van der Waals surface area contributed by atoms with Gasteiger partial charge in [0.05, 0.1) is 10.6 Å². The van der Waals surface area contributed by atoms with Crippen LogP contribution in [0.25, 0.3) is 0 Å². The molecule has 0 bridgehead atoms. The molecular formula is C37H39Cl2N3O4S. The third-order valence-corrected chi connectivity index (χ3v) is 11.0. The summed E-state index contributed by atoms with van der Waals surface area (Å²) in [5, 5.41) is 4.13. The maximum absolute atomic E-state index is 14.6. The van der Waals surface area contributed by atoms with Gasteiger partial charge in [0.25, 0.3) is 10.0 Å². The van der Waals surface area contributed by atoms with Crippen molar-refractivity contribution in [3.8, 4) is 0 Å². The minimum Gasteiger partial charge on any atom is -0.352 e. The summed E-state index contributed by atoms with van der Waals surface area (Å²) in [6, 6.07) is 28.6. The van der Waals surface area contributed by atoms with E-state index in [1.807, 2.05) is 37.3 Å². The predicted octanol–water partition coefficient (Wildman–Crippen LogP) is 7.59. The zero-order chi connectivity index (χ0) is 33.4. The van der Waals surface area contributed by atoms with E-state index in [0.29, 0.717) is 10.0 Å². The molecule has 4 aromatic carbocycles. The molecule has 0 spiro atoms. The molecule has 0 saturated heterocycles. The SMILES string of the molecule is Cc1ccc(N(CC(=O)N(Cc2ccc(Cl)cc2)[C@@H](Cc2ccccc2)C(=O)NC2CCCCC2)S(=O)(=O)c2ccccc2)cc1Cl. The fourth-order valence-electron chi connectivity index (χ4n) is 5.87. The van der Waals surface area contributed by atoms with Crippen molar-refractivity contribution in [3.05, 3.63) is 130 Å². The number of hydrogen-bond donors (Lipinski definition) is 1. The van der Waals surface area contributed by atoms with Crippen LogP contribution in [-0.4, -0.2) is 43.8 Å². The number of amides is 2. The van der Waals surface area contributed by atoms with Crippen molar-refractivity contribution in [1.29, 1.82) is 0 Å². The highest BCUT2D eigenvalue weighted by Crippen LogP contribution is 2.29. The maximum Gasteiger partial charge on any atom is 0.264 e. The van der Waals surface area contributed by atoms with Gasteiger partial charge in [-0.3, -0.25) is 13.9 Å². The van der Waals surface area contributed by atoms with Crippen LogP contribution in [0.15, 0.2) is 108 Å². The minimum absolute atomic E-state index is 0.0201. The van der Waals surface area contributed by atoms with E-state index in [4.69, 9.17) is 23.2 Å². The van der Waals surface area contributed by atoms with Crippen LogP contribution in [-0.2, 0) is 32.6 Å². The number of aryl methyl sites for hydroxylation is 1. The molecule has 1 aliphatic rings. The summed E-state index contributed by atoms with van der Waals surface area (Å²) in [5.41, 5.74) is 2.65. The fraction of sp³-hybridized carbons (Fsp3) is 0.297. The van der Waals surface area contributed by atoms with Crippen LogP contribution in [0.4, 0.5) is 5.69 Å². The second-order valence-electron chi connectivity index (χ2n) is 12.0. The van der Waals surface area contributed by atoms with Crippen LogP contribution in [0.3, 0.4) is 0 Å². The van der Waals surface area contributed by atoms with Crippen LogP contribution in [0.1, 0.15) is 48.8 Å². The molecular weight excluding hydrogens is 653 g/mol. The Morgan fingerprint density at radius 3 is 2.11 bits per heavy atom. The van der Waals surface area contributed by atoms with Gasteiger partial charge in [-0.1, -0.05) is 109 Å². The quantitative estimate of drug-likeness (QED) is 0.166.